The van der Waals surface area contributed by atoms with Gasteiger partial charge >= 0.3 is 11.4 Å². The van der Waals surface area contributed by atoms with Gasteiger partial charge in [0.05, 0.1) is 15.4 Å². The van der Waals surface area contributed by atoms with E-state index >= 15 is 0 Å². The predicted octanol–water partition coefficient (Wildman–Crippen LogP) is 3.11. The maximum Gasteiger partial charge on any atom is 0.320 e. The van der Waals surface area contributed by atoms with Gasteiger partial charge in [0.2, 0.25) is 11.6 Å². The van der Waals surface area contributed by atoms with Gasteiger partial charge in [-0.15, -0.1) is 10.2 Å². The highest BCUT2D eigenvalue weighted by atomic mass is 16.6. The summed E-state index contributed by atoms with van der Waals surface area (Å²) in [7, 11) is 0. The van der Waals surface area contributed by atoms with Gasteiger partial charge in [-0.25, -0.2) is 0 Å². The molecule has 13 heteroatoms. The maximum absolute atomic E-state index is 11.8. The van der Waals surface area contributed by atoms with Crippen LogP contribution in [0.1, 0.15) is 44.4 Å². The van der Waals surface area contributed by atoms with Crippen molar-refractivity contribution in [1.82, 2.24) is 29.8 Å². The first kappa shape index (κ1) is 20.0. The third-order valence-corrected chi connectivity index (χ3v) is 7.44. The third kappa shape index (κ3) is 3.38. The van der Waals surface area contributed by atoms with E-state index in [0.29, 0.717) is 24.3 Å². The van der Waals surface area contributed by atoms with Crippen molar-refractivity contribution in [2.24, 2.45) is 17.8 Å². The lowest BCUT2D eigenvalue weighted by molar-refractivity contribution is -0.385. The fourth-order valence-corrected chi connectivity index (χ4v) is 6.47. The zero-order valence-electron chi connectivity index (χ0n) is 17.7. The van der Waals surface area contributed by atoms with Crippen LogP contribution >= 0.6 is 0 Å². The van der Waals surface area contributed by atoms with Crippen LogP contribution in [-0.2, 0) is 18.5 Å². The van der Waals surface area contributed by atoms with Crippen LogP contribution < -0.4 is 0 Å². The molecule has 0 saturated heterocycles. The van der Waals surface area contributed by atoms with Gasteiger partial charge in [0, 0.05) is 13.0 Å². The van der Waals surface area contributed by atoms with Crippen molar-refractivity contribution in [3.05, 3.63) is 44.7 Å². The van der Waals surface area contributed by atoms with Gasteiger partial charge in [0.15, 0.2) is 0 Å². The van der Waals surface area contributed by atoms with Crippen molar-refractivity contribution in [3.63, 3.8) is 0 Å². The summed E-state index contributed by atoms with van der Waals surface area (Å²) in [6.07, 6.45) is 11.1. The summed E-state index contributed by atoms with van der Waals surface area (Å²) in [5, 5.41) is 39.1. The molecule has 0 atom stereocenters. The lowest BCUT2D eigenvalue weighted by atomic mass is 9.53. The van der Waals surface area contributed by atoms with Crippen LogP contribution in [-0.4, -0.2) is 39.6 Å². The fourth-order valence-electron chi connectivity index (χ4n) is 6.47. The first-order valence-electron chi connectivity index (χ1n) is 11.1. The zero-order chi connectivity index (χ0) is 22.7. The normalized spacial score (nSPS) is 27.8. The average Bonchev–Trinajstić information content (AvgIpc) is 3.50. The van der Waals surface area contributed by atoms with Gasteiger partial charge in [-0.1, -0.05) is 0 Å². The molecule has 0 amide bonds. The van der Waals surface area contributed by atoms with Crippen molar-refractivity contribution in [2.75, 3.05) is 0 Å². The summed E-state index contributed by atoms with van der Waals surface area (Å²) in [4.78, 5) is 21.6. The predicted molar refractivity (Wildman–Crippen MR) is 111 cm³/mol. The van der Waals surface area contributed by atoms with Gasteiger partial charge in [0.1, 0.15) is 18.6 Å². The second-order valence-electron chi connectivity index (χ2n) is 9.68. The molecule has 3 aromatic heterocycles. The van der Waals surface area contributed by atoms with Crippen LogP contribution in [0.15, 0.2) is 23.0 Å². The van der Waals surface area contributed by atoms with Crippen LogP contribution in [0.3, 0.4) is 0 Å². The Balaban J connectivity index is 1.25. The van der Waals surface area contributed by atoms with Gasteiger partial charge in [-0.05, 0) is 56.3 Å². The molecule has 0 N–H and O–H groups in total. The third-order valence-electron chi connectivity index (χ3n) is 7.44. The molecule has 0 unspecified atom stereocenters. The molecule has 4 fully saturated rings. The van der Waals surface area contributed by atoms with Gasteiger partial charge < -0.3 is 4.42 Å². The minimum absolute atomic E-state index is 0.00613. The molecular weight excluding hydrogens is 432 g/mol. The molecule has 4 saturated carbocycles. The molecule has 4 aliphatic rings. The van der Waals surface area contributed by atoms with Crippen molar-refractivity contribution >= 4 is 11.4 Å². The first-order chi connectivity index (χ1) is 15.9. The number of hydrogen-bond acceptors (Lipinski definition) is 9. The summed E-state index contributed by atoms with van der Waals surface area (Å²) < 4.78 is 8.92. The van der Waals surface area contributed by atoms with Crippen molar-refractivity contribution in [1.29, 1.82) is 0 Å². The molecular formula is C20H22N8O5. The Labute approximate surface area is 187 Å². The van der Waals surface area contributed by atoms with Gasteiger partial charge in [-0.2, -0.15) is 10.2 Å². The molecule has 0 spiro atoms. The largest absolute Gasteiger partial charge is 0.419 e. The van der Waals surface area contributed by atoms with E-state index in [-0.39, 0.29) is 40.8 Å². The topological polar surface area (TPSA) is 161 Å². The molecule has 33 heavy (non-hydrogen) atoms. The molecule has 3 aromatic rings. The fraction of sp³-hybridized carbons (Fsp3) is 0.600. The number of nitro groups is 2. The SMILES string of the molecule is O=[N+]([O-])c1cnn(CCc2nnc(-c3nn(C45CC6CC(CC(C6)C4)C5)cc3[N+](=O)[O-])o2)c1. The van der Waals surface area contributed by atoms with Crippen molar-refractivity contribution in [3.8, 4) is 11.6 Å². The number of nitrogens with zero attached hydrogens (tertiary/aromatic N) is 8. The Morgan fingerprint density at radius 1 is 1.03 bits per heavy atom. The standard InChI is InChI=1S/C20H22N8O5/c29-27(30)15-9-21-25(10-15)2-1-17-22-23-19(33-17)18-16(28(31)32)11-26(24-18)20-6-12-3-13(7-20)5-14(4-12)8-20/h9-14H,1-8H2. The first-order valence-corrected chi connectivity index (χ1v) is 11.1. The van der Waals surface area contributed by atoms with E-state index in [1.54, 1.807) is 0 Å². The molecule has 0 aromatic carbocycles. The van der Waals surface area contributed by atoms with Crippen LogP contribution in [0.4, 0.5) is 11.4 Å². The van der Waals surface area contributed by atoms with Crippen LogP contribution in [0.2, 0.25) is 0 Å². The summed E-state index contributed by atoms with van der Waals surface area (Å²) in [5.74, 6) is 2.29. The Hall–Kier alpha value is -3.64. The van der Waals surface area contributed by atoms with E-state index < -0.39 is 9.85 Å². The monoisotopic (exact) mass is 454 g/mol. The second-order valence-corrected chi connectivity index (χ2v) is 9.68. The van der Waals surface area contributed by atoms with Crippen molar-refractivity contribution < 1.29 is 14.3 Å². The molecule has 0 aliphatic heterocycles. The quantitative estimate of drug-likeness (QED) is 0.386. The van der Waals surface area contributed by atoms with Gasteiger partial charge in [-0.3, -0.25) is 29.6 Å². The lowest BCUT2D eigenvalue weighted by Crippen LogP contribution is -2.52. The average molecular weight is 454 g/mol. The Bertz CT molecular complexity index is 1210. The number of aromatic nitrogens is 6. The minimum Gasteiger partial charge on any atom is -0.419 e. The Morgan fingerprint density at radius 2 is 1.73 bits per heavy atom. The van der Waals surface area contributed by atoms with Crippen molar-refractivity contribution in [2.45, 2.75) is 57.0 Å². The molecule has 4 bridgehead atoms. The van der Waals surface area contributed by atoms with Crippen LogP contribution in [0.5, 0.6) is 0 Å². The molecule has 13 nitrogen and oxygen atoms in total. The van der Waals surface area contributed by atoms with Crippen LogP contribution in [0.25, 0.3) is 11.6 Å². The highest BCUT2D eigenvalue weighted by molar-refractivity contribution is 5.60. The smallest absolute Gasteiger partial charge is 0.320 e. The van der Waals surface area contributed by atoms with E-state index in [1.807, 2.05) is 4.68 Å². The van der Waals surface area contributed by atoms with Gasteiger partial charge in [0.25, 0.3) is 5.89 Å². The molecule has 4 aliphatic carbocycles. The molecule has 3 heterocycles. The highest BCUT2D eigenvalue weighted by Gasteiger charge is 2.53. The van der Waals surface area contributed by atoms with E-state index in [4.69, 9.17) is 4.42 Å². The molecule has 172 valence electrons. The minimum atomic E-state index is -0.520. The number of hydrogen-bond donors (Lipinski definition) is 0. The van der Waals surface area contributed by atoms with Crippen LogP contribution in [0, 0.1) is 38.0 Å². The molecule has 0 radical (unpaired) electrons. The highest BCUT2D eigenvalue weighted by Crippen LogP contribution is 2.59. The maximum atomic E-state index is 11.8. The molecule has 7 rings (SSSR count). The van der Waals surface area contributed by atoms with E-state index in [1.165, 1.54) is 42.5 Å². The zero-order valence-corrected chi connectivity index (χ0v) is 17.7. The van der Waals surface area contributed by atoms with E-state index in [9.17, 15) is 20.2 Å². The number of aryl methyl sites for hydroxylation is 2. The summed E-state index contributed by atoms with van der Waals surface area (Å²) >= 11 is 0. The Kier molecular flexibility index (Phi) is 4.35. The summed E-state index contributed by atoms with van der Waals surface area (Å²) in [6.45, 7) is 0.291. The second kappa shape index (κ2) is 7.18. The van der Waals surface area contributed by atoms with E-state index in [2.05, 4.69) is 20.4 Å². The summed E-state index contributed by atoms with van der Waals surface area (Å²) in [6, 6.07) is 0. The lowest BCUT2D eigenvalue weighted by Gasteiger charge is -2.56. The summed E-state index contributed by atoms with van der Waals surface area (Å²) in [5.41, 5.74) is -0.310. The van der Waals surface area contributed by atoms with E-state index in [0.717, 1.165) is 19.3 Å². The Morgan fingerprint density at radius 3 is 2.33 bits per heavy atom. The number of rotatable bonds is 7.